The lowest BCUT2D eigenvalue weighted by Gasteiger charge is -2.28. The molecule has 0 amide bonds. The second kappa shape index (κ2) is 5.51. The molecule has 0 radical (unpaired) electrons. The molecule has 0 spiro atoms. The minimum absolute atomic E-state index is 0.214. The lowest BCUT2D eigenvalue weighted by molar-refractivity contribution is 0.381. The van der Waals surface area contributed by atoms with Gasteiger partial charge in [-0.2, -0.15) is 5.10 Å². The molecule has 0 bridgehead atoms. The van der Waals surface area contributed by atoms with Crippen LogP contribution in [0.3, 0.4) is 0 Å². The van der Waals surface area contributed by atoms with Crippen molar-refractivity contribution in [3.8, 4) is 0 Å². The number of H-pyrrole nitrogens is 1. The van der Waals surface area contributed by atoms with Crippen molar-refractivity contribution in [1.29, 1.82) is 0 Å². The second-order valence-electron chi connectivity index (χ2n) is 4.49. The molecule has 1 unspecified atom stereocenters. The Morgan fingerprint density at radius 3 is 3.18 bits per heavy atom. The highest BCUT2D eigenvalue weighted by molar-refractivity contribution is 6.32. The zero-order valence-electron chi connectivity index (χ0n) is 9.87. The zero-order valence-corrected chi connectivity index (χ0v) is 10.6. The van der Waals surface area contributed by atoms with E-state index in [0.717, 1.165) is 19.6 Å². The van der Waals surface area contributed by atoms with E-state index < -0.39 is 0 Å². The number of hydrogen-bond donors (Lipinski definition) is 2. The lowest BCUT2D eigenvalue weighted by atomic mass is 9.99. The highest BCUT2D eigenvalue weighted by Crippen LogP contribution is 2.21. The van der Waals surface area contributed by atoms with Gasteiger partial charge in [0.15, 0.2) is 0 Å². The number of aromatic nitrogens is 2. The highest BCUT2D eigenvalue weighted by atomic mass is 35.5. The van der Waals surface area contributed by atoms with Gasteiger partial charge in [-0.1, -0.05) is 11.6 Å². The summed E-state index contributed by atoms with van der Waals surface area (Å²) in [6, 6.07) is 0. The molecule has 17 heavy (non-hydrogen) atoms. The van der Waals surface area contributed by atoms with Crippen LogP contribution in [0.15, 0.2) is 11.0 Å². The third kappa shape index (κ3) is 2.98. The van der Waals surface area contributed by atoms with Crippen LogP contribution in [0.2, 0.25) is 5.02 Å². The van der Waals surface area contributed by atoms with E-state index in [1.54, 1.807) is 6.20 Å². The first-order valence-electron chi connectivity index (χ1n) is 5.83. The Morgan fingerprint density at radius 1 is 1.65 bits per heavy atom. The molecule has 1 aromatic heterocycles. The molecule has 1 saturated heterocycles. The first-order valence-corrected chi connectivity index (χ1v) is 6.21. The Bertz CT molecular complexity index is 428. The highest BCUT2D eigenvalue weighted by Gasteiger charge is 2.17. The molecule has 1 fully saturated rings. The second-order valence-corrected chi connectivity index (χ2v) is 4.87. The van der Waals surface area contributed by atoms with E-state index in [2.05, 4.69) is 15.5 Å². The van der Waals surface area contributed by atoms with Crippen molar-refractivity contribution >= 4 is 17.3 Å². The van der Waals surface area contributed by atoms with Crippen LogP contribution in [0, 0.1) is 5.92 Å². The average molecular weight is 257 g/mol. The first-order chi connectivity index (χ1) is 8.18. The largest absolute Gasteiger partial charge is 0.372 e. The van der Waals surface area contributed by atoms with Crippen LogP contribution in [0.25, 0.3) is 0 Å². The van der Waals surface area contributed by atoms with Gasteiger partial charge in [0.05, 0.1) is 11.9 Å². The Hall–Kier alpha value is -1.07. The molecular weight excluding hydrogens is 240 g/mol. The minimum atomic E-state index is -0.335. The minimum Gasteiger partial charge on any atom is -0.372 e. The molecule has 1 atom stereocenters. The van der Waals surface area contributed by atoms with E-state index in [9.17, 15) is 4.79 Å². The number of halogens is 1. The topological polar surface area (TPSA) is 61.0 Å². The summed E-state index contributed by atoms with van der Waals surface area (Å²) in [6.07, 6.45) is 4.02. The first kappa shape index (κ1) is 12.4. The van der Waals surface area contributed by atoms with Crippen LogP contribution < -0.4 is 15.8 Å². The molecule has 0 saturated carbocycles. The predicted octanol–water partition coefficient (Wildman–Crippen LogP) is 0.859. The van der Waals surface area contributed by atoms with E-state index in [1.165, 1.54) is 12.8 Å². The summed E-state index contributed by atoms with van der Waals surface area (Å²) in [7, 11) is 1.94. The fourth-order valence-electron chi connectivity index (χ4n) is 2.21. The van der Waals surface area contributed by atoms with Gasteiger partial charge in [-0.15, -0.1) is 0 Å². The SMILES string of the molecule is CN(CC1CCCNC1)c1cn[nH]c(=O)c1Cl. The van der Waals surface area contributed by atoms with Crippen LogP contribution in [-0.2, 0) is 0 Å². The number of piperidine rings is 1. The van der Waals surface area contributed by atoms with Gasteiger partial charge in [0.25, 0.3) is 5.56 Å². The summed E-state index contributed by atoms with van der Waals surface area (Å²) in [5.74, 6) is 0.601. The Morgan fingerprint density at radius 2 is 2.47 bits per heavy atom. The molecular formula is C11H17ClN4O. The van der Waals surface area contributed by atoms with Crippen LogP contribution in [0.1, 0.15) is 12.8 Å². The summed E-state index contributed by atoms with van der Waals surface area (Å²) < 4.78 is 0. The van der Waals surface area contributed by atoms with Gasteiger partial charge < -0.3 is 10.2 Å². The number of anilines is 1. The number of nitrogens with zero attached hydrogens (tertiary/aromatic N) is 2. The monoisotopic (exact) mass is 256 g/mol. The Kier molecular flexibility index (Phi) is 4.02. The molecule has 2 rings (SSSR count). The van der Waals surface area contributed by atoms with Gasteiger partial charge in [0, 0.05) is 13.6 Å². The quantitative estimate of drug-likeness (QED) is 0.842. The van der Waals surface area contributed by atoms with Crippen molar-refractivity contribution in [3.05, 3.63) is 21.6 Å². The zero-order chi connectivity index (χ0) is 12.3. The smallest absolute Gasteiger partial charge is 0.285 e. The van der Waals surface area contributed by atoms with E-state index >= 15 is 0 Å². The standard InChI is InChI=1S/C11H17ClN4O/c1-16(7-8-3-2-4-13-5-8)9-6-14-15-11(17)10(9)12/h6,8,13H,2-5,7H2,1H3,(H,15,17). The molecule has 1 aromatic rings. The molecule has 1 aliphatic rings. The van der Waals surface area contributed by atoms with Gasteiger partial charge in [0.2, 0.25) is 0 Å². The van der Waals surface area contributed by atoms with Crippen molar-refractivity contribution in [1.82, 2.24) is 15.5 Å². The van der Waals surface area contributed by atoms with Gasteiger partial charge in [0.1, 0.15) is 5.02 Å². The Labute approximate surface area is 105 Å². The normalized spacial score (nSPS) is 20.2. The third-order valence-corrected chi connectivity index (χ3v) is 3.48. The summed E-state index contributed by atoms with van der Waals surface area (Å²) in [6.45, 7) is 3.02. The fraction of sp³-hybridized carbons (Fsp3) is 0.636. The molecule has 2 N–H and O–H groups in total. The van der Waals surface area contributed by atoms with Crippen molar-refractivity contribution in [2.75, 3.05) is 31.6 Å². The third-order valence-electron chi connectivity index (χ3n) is 3.12. The van der Waals surface area contributed by atoms with E-state index in [1.807, 2.05) is 11.9 Å². The number of rotatable bonds is 3. The summed E-state index contributed by atoms with van der Waals surface area (Å²) >= 11 is 5.96. The van der Waals surface area contributed by atoms with Gasteiger partial charge in [-0.3, -0.25) is 4.79 Å². The molecule has 0 aliphatic carbocycles. The molecule has 2 heterocycles. The maximum absolute atomic E-state index is 11.3. The van der Waals surface area contributed by atoms with Gasteiger partial charge in [-0.25, -0.2) is 5.10 Å². The summed E-state index contributed by atoms with van der Waals surface area (Å²) in [5, 5.41) is 9.69. The van der Waals surface area contributed by atoms with Crippen LogP contribution in [0.4, 0.5) is 5.69 Å². The number of nitrogens with one attached hydrogen (secondary N) is 2. The predicted molar refractivity (Wildman–Crippen MR) is 68.7 cm³/mol. The molecule has 94 valence electrons. The molecule has 5 nitrogen and oxygen atoms in total. The summed E-state index contributed by atoms with van der Waals surface area (Å²) in [4.78, 5) is 13.3. The molecule has 6 heteroatoms. The number of hydrogen-bond acceptors (Lipinski definition) is 4. The lowest BCUT2D eigenvalue weighted by Crippen LogP contribution is -2.37. The molecule has 0 aromatic carbocycles. The van der Waals surface area contributed by atoms with Crippen molar-refractivity contribution in [3.63, 3.8) is 0 Å². The van der Waals surface area contributed by atoms with Crippen LogP contribution >= 0.6 is 11.6 Å². The van der Waals surface area contributed by atoms with E-state index in [0.29, 0.717) is 11.6 Å². The van der Waals surface area contributed by atoms with Crippen molar-refractivity contribution < 1.29 is 0 Å². The van der Waals surface area contributed by atoms with Crippen molar-refractivity contribution in [2.24, 2.45) is 5.92 Å². The average Bonchev–Trinajstić information content (AvgIpc) is 2.34. The van der Waals surface area contributed by atoms with E-state index in [4.69, 9.17) is 11.6 Å². The van der Waals surface area contributed by atoms with Crippen LogP contribution in [-0.4, -0.2) is 36.9 Å². The van der Waals surface area contributed by atoms with Gasteiger partial charge >= 0.3 is 0 Å². The maximum Gasteiger partial charge on any atom is 0.285 e. The number of aromatic amines is 1. The van der Waals surface area contributed by atoms with Gasteiger partial charge in [-0.05, 0) is 31.8 Å². The summed E-state index contributed by atoms with van der Waals surface area (Å²) in [5.41, 5.74) is 0.360. The van der Waals surface area contributed by atoms with E-state index in [-0.39, 0.29) is 10.6 Å². The fourth-order valence-corrected chi connectivity index (χ4v) is 2.44. The molecule has 1 aliphatic heterocycles. The maximum atomic E-state index is 11.3. The van der Waals surface area contributed by atoms with Crippen LogP contribution in [0.5, 0.6) is 0 Å². The Balaban J connectivity index is 2.06. The van der Waals surface area contributed by atoms with Crippen molar-refractivity contribution in [2.45, 2.75) is 12.8 Å².